The third-order valence-electron chi connectivity index (χ3n) is 3.63. The monoisotopic (exact) mass is 241 g/mol. The summed E-state index contributed by atoms with van der Waals surface area (Å²) < 4.78 is 5.04. The highest BCUT2D eigenvalue weighted by atomic mass is 16.5. The number of carbonyl (C=O) groups excluding carboxylic acids is 1. The van der Waals surface area contributed by atoms with Crippen LogP contribution in [0, 0.1) is 11.8 Å². The fraction of sp³-hybridized carbons (Fsp3) is 0.929. The molecule has 1 fully saturated rings. The Balaban J connectivity index is 2.23. The van der Waals surface area contributed by atoms with Gasteiger partial charge >= 0.3 is 5.97 Å². The molecule has 0 aliphatic carbocycles. The molecule has 0 amide bonds. The first-order valence-corrected chi connectivity index (χ1v) is 7.06. The quantitative estimate of drug-likeness (QED) is 0.670. The van der Waals surface area contributed by atoms with Crippen LogP contribution in [0.4, 0.5) is 0 Å². The zero-order chi connectivity index (χ0) is 12.7. The number of carbonyl (C=O) groups is 1. The summed E-state index contributed by atoms with van der Waals surface area (Å²) in [6.07, 6.45) is 5.25. The van der Waals surface area contributed by atoms with Crippen molar-refractivity contribution in [2.24, 2.45) is 11.8 Å². The molecule has 3 heteroatoms. The van der Waals surface area contributed by atoms with Crippen LogP contribution in [0.1, 0.15) is 46.5 Å². The van der Waals surface area contributed by atoms with Gasteiger partial charge in [0.05, 0.1) is 12.5 Å². The number of likely N-dealkylation sites (tertiary alicyclic amines) is 1. The van der Waals surface area contributed by atoms with Crippen molar-refractivity contribution in [1.82, 2.24) is 4.90 Å². The van der Waals surface area contributed by atoms with Gasteiger partial charge in [-0.05, 0) is 38.8 Å². The standard InChI is InChI=1S/C14H27NO2/c1-4-6-13-7-9-15(10-8-13)11-12(3)14(16)17-5-2/h12-13H,4-11H2,1-3H3. The van der Waals surface area contributed by atoms with Crippen LogP contribution in [0.25, 0.3) is 0 Å². The lowest BCUT2D eigenvalue weighted by atomic mass is 9.92. The molecule has 0 aromatic heterocycles. The predicted molar refractivity (Wildman–Crippen MR) is 69.9 cm³/mol. The summed E-state index contributed by atoms with van der Waals surface area (Å²) in [6.45, 7) is 9.73. The van der Waals surface area contributed by atoms with Crippen LogP contribution in [0.2, 0.25) is 0 Å². The van der Waals surface area contributed by atoms with E-state index in [2.05, 4.69) is 11.8 Å². The van der Waals surface area contributed by atoms with Crippen molar-refractivity contribution in [2.75, 3.05) is 26.2 Å². The Labute approximate surface area is 106 Å². The normalized spacial score (nSPS) is 20.2. The molecule has 0 saturated carbocycles. The van der Waals surface area contributed by atoms with Gasteiger partial charge in [-0.15, -0.1) is 0 Å². The summed E-state index contributed by atoms with van der Waals surface area (Å²) in [6, 6.07) is 0. The highest BCUT2D eigenvalue weighted by molar-refractivity contribution is 5.72. The average molecular weight is 241 g/mol. The average Bonchev–Trinajstić information content (AvgIpc) is 2.32. The second kappa shape index (κ2) is 7.70. The Bertz CT molecular complexity index is 222. The van der Waals surface area contributed by atoms with Gasteiger partial charge in [0.25, 0.3) is 0 Å². The largest absolute Gasteiger partial charge is 0.466 e. The highest BCUT2D eigenvalue weighted by Gasteiger charge is 2.22. The van der Waals surface area contributed by atoms with Gasteiger partial charge in [0, 0.05) is 6.54 Å². The minimum absolute atomic E-state index is 0.0117. The summed E-state index contributed by atoms with van der Waals surface area (Å²) in [5.41, 5.74) is 0. The molecular formula is C14H27NO2. The van der Waals surface area contributed by atoms with Crippen molar-refractivity contribution >= 4 is 5.97 Å². The third kappa shape index (κ3) is 5.07. The Hall–Kier alpha value is -0.570. The second-order valence-corrected chi connectivity index (χ2v) is 5.19. The van der Waals surface area contributed by atoms with E-state index in [0.717, 1.165) is 25.6 Å². The zero-order valence-electron chi connectivity index (χ0n) is 11.6. The molecule has 1 saturated heterocycles. The highest BCUT2D eigenvalue weighted by Crippen LogP contribution is 2.22. The minimum atomic E-state index is -0.0526. The topological polar surface area (TPSA) is 29.5 Å². The van der Waals surface area contributed by atoms with E-state index in [1.165, 1.54) is 25.7 Å². The fourth-order valence-corrected chi connectivity index (χ4v) is 2.61. The van der Waals surface area contributed by atoms with Crippen molar-refractivity contribution in [3.8, 4) is 0 Å². The number of hydrogen-bond acceptors (Lipinski definition) is 3. The maximum Gasteiger partial charge on any atom is 0.309 e. The van der Waals surface area contributed by atoms with Gasteiger partial charge in [-0.25, -0.2) is 0 Å². The van der Waals surface area contributed by atoms with Crippen LogP contribution in [0.5, 0.6) is 0 Å². The molecule has 0 N–H and O–H groups in total. The van der Waals surface area contributed by atoms with Gasteiger partial charge in [-0.2, -0.15) is 0 Å². The predicted octanol–water partition coefficient (Wildman–Crippen LogP) is 2.70. The summed E-state index contributed by atoms with van der Waals surface area (Å²) in [7, 11) is 0. The van der Waals surface area contributed by atoms with Crippen molar-refractivity contribution in [2.45, 2.75) is 46.5 Å². The van der Waals surface area contributed by atoms with Crippen molar-refractivity contribution in [3.63, 3.8) is 0 Å². The number of piperidine rings is 1. The molecule has 0 aromatic carbocycles. The molecule has 0 radical (unpaired) electrons. The van der Waals surface area contributed by atoms with E-state index in [1.807, 2.05) is 13.8 Å². The number of nitrogens with zero attached hydrogens (tertiary/aromatic N) is 1. The van der Waals surface area contributed by atoms with Gasteiger partial charge < -0.3 is 9.64 Å². The Kier molecular flexibility index (Phi) is 6.56. The Morgan fingerprint density at radius 1 is 1.35 bits per heavy atom. The Morgan fingerprint density at radius 3 is 2.53 bits per heavy atom. The van der Waals surface area contributed by atoms with Gasteiger partial charge in [0.15, 0.2) is 0 Å². The lowest BCUT2D eigenvalue weighted by Crippen LogP contribution is -2.38. The molecule has 0 aromatic rings. The molecule has 1 heterocycles. The first-order chi connectivity index (χ1) is 8.17. The van der Waals surface area contributed by atoms with Crippen LogP contribution < -0.4 is 0 Å². The van der Waals surface area contributed by atoms with Crippen molar-refractivity contribution < 1.29 is 9.53 Å². The SMILES string of the molecule is CCCC1CCN(CC(C)C(=O)OCC)CC1. The van der Waals surface area contributed by atoms with E-state index >= 15 is 0 Å². The number of esters is 1. The number of rotatable bonds is 6. The van der Waals surface area contributed by atoms with Gasteiger partial charge in [0.1, 0.15) is 0 Å². The summed E-state index contributed by atoms with van der Waals surface area (Å²) in [4.78, 5) is 13.9. The van der Waals surface area contributed by atoms with E-state index in [4.69, 9.17) is 4.74 Å². The molecule has 1 aliphatic heterocycles. The number of ether oxygens (including phenoxy) is 1. The van der Waals surface area contributed by atoms with E-state index in [1.54, 1.807) is 0 Å². The van der Waals surface area contributed by atoms with E-state index in [9.17, 15) is 4.79 Å². The van der Waals surface area contributed by atoms with E-state index in [-0.39, 0.29) is 11.9 Å². The van der Waals surface area contributed by atoms with Gasteiger partial charge in [-0.1, -0.05) is 26.7 Å². The van der Waals surface area contributed by atoms with Crippen molar-refractivity contribution in [1.29, 1.82) is 0 Å². The smallest absolute Gasteiger partial charge is 0.309 e. The second-order valence-electron chi connectivity index (χ2n) is 5.19. The first kappa shape index (κ1) is 14.5. The first-order valence-electron chi connectivity index (χ1n) is 7.06. The van der Waals surface area contributed by atoms with Crippen LogP contribution in [0.3, 0.4) is 0 Å². The summed E-state index contributed by atoms with van der Waals surface area (Å²) in [5, 5.41) is 0. The summed E-state index contributed by atoms with van der Waals surface area (Å²) in [5.74, 6) is 0.870. The van der Waals surface area contributed by atoms with Crippen LogP contribution >= 0.6 is 0 Å². The molecule has 1 atom stereocenters. The maximum atomic E-state index is 11.5. The molecular weight excluding hydrogens is 214 g/mol. The lowest BCUT2D eigenvalue weighted by molar-refractivity contribution is -0.148. The van der Waals surface area contributed by atoms with Gasteiger partial charge in [-0.3, -0.25) is 4.79 Å². The third-order valence-corrected chi connectivity index (χ3v) is 3.63. The molecule has 0 bridgehead atoms. The van der Waals surface area contributed by atoms with Crippen LogP contribution in [-0.2, 0) is 9.53 Å². The molecule has 17 heavy (non-hydrogen) atoms. The van der Waals surface area contributed by atoms with Crippen molar-refractivity contribution in [3.05, 3.63) is 0 Å². The van der Waals surface area contributed by atoms with Crippen LogP contribution in [-0.4, -0.2) is 37.1 Å². The van der Waals surface area contributed by atoms with E-state index < -0.39 is 0 Å². The Morgan fingerprint density at radius 2 is 2.00 bits per heavy atom. The van der Waals surface area contributed by atoms with Gasteiger partial charge in [0.2, 0.25) is 0 Å². The molecule has 0 spiro atoms. The molecule has 3 nitrogen and oxygen atoms in total. The molecule has 1 unspecified atom stereocenters. The molecule has 100 valence electrons. The molecule has 1 rings (SSSR count). The lowest BCUT2D eigenvalue weighted by Gasteiger charge is -2.33. The minimum Gasteiger partial charge on any atom is -0.466 e. The zero-order valence-corrected chi connectivity index (χ0v) is 11.6. The van der Waals surface area contributed by atoms with E-state index in [0.29, 0.717) is 6.61 Å². The number of hydrogen-bond donors (Lipinski definition) is 0. The maximum absolute atomic E-state index is 11.5. The van der Waals surface area contributed by atoms with Crippen LogP contribution in [0.15, 0.2) is 0 Å². The molecule has 1 aliphatic rings. The summed E-state index contributed by atoms with van der Waals surface area (Å²) >= 11 is 0. The fourth-order valence-electron chi connectivity index (χ4n) is 2.61.